The van der Waals surface area contributed by atoms with E-state index in [9.17, 15) is 0 Å². The van der Waals surface area contributed by atoms with Crippen LogP contribution in [0.2, 0.25) is 0 Å². The molecule has 0 heterocycles. The van der Waals surface area contributed by atoms with Crippen LogP contribution in [0.3, 0.4) is 0 Å². The van der Waals surface area contributed by atoms with E-state index in [0.717, 1.165) is 5.75 Å². The first-order valence-corrected chi connectivity index (χ1v) is 3.25. The first kappa shape index (κ1) is 6.87. The average Bonchev–Trinajstić information content (AvgIpc) is 1.88. The van der Waals surface area contributed by atoms with Crippen LogP contribution in [0.25, 0.3) is 0 Å². The Bertz CT molecular complexity index is 198. The maximum absolute atomic E-state index is 4.80. The molecule has 0 aliphatic carbocycles. The SMILES string of the molecule is Cc1cccc([O][Ag])c1. The van der Waals surface area contributed by atoms with Gasteiger partial charge >= 0.3 is 67.2 Å². The molecule has 1 rings (SSSR count). The standard InChI is InChI=1S/C7H8O.Ag/c1-6-3-2-4-7(8)5-6;/h2-5,8H,1H3;/q;+1/p-1. The zero-order chi connectivity index (χ0) is 6.69. The van der Waals surface area contributed by atoms with E-state index in [4.69, 9.17) is 3.24 Å². The molecular formula is C7H7AgO. The molecule has 1 nitrogen and oxygen atoms in total. The predicted octanol–water partition coefficient (Wildman–Crippen LogP) is 1.84. The third-order valence-corrected chi connectivity index (χ3v) is 1.41. The van der Waals surface area contributed by atoms with Crippen molar-refractivity contribution in [3.63, 3.8) is 0 Å². The van der Waals surface area contributed by atoms with E-state index >= 15 is 0 Å². The second-order valence-corrected chi connectivity index (χ2v) is 2.18. The second kappa shape index (κ2) is 3.06. The van der Waals surface area contributed by atoms with E-state index in [1.165, 1.54) is 5.56 Å². The minimum absolute atomic E-state index is 0.841. The molecule has 0 spiro atoms. The summed E-state index contributed by atoms with van der Waals surface area (Å²) < 4.78 is 4.80. The summed E-state index contributed by atoms with van der Waals surface area (Å²) in [5.74, 6) is 0.841. The Morgan fingerprint density at radius 1 is 1.44 bits per heavy atom. The number of rotatable bonds is 1. The van der Waals surface area contributed by atoms with Crippen molar-refractivity contribution in [2.45, 2.75) is 6.92 Å². The summed E-state index contributed by atoms with van der Waals surface area (Å²) in [6.45, 7) is 2.02. The van der Waals surface area contributed by atoms with Gasteiger partial charge in [-0.3, -0.25) is 0 Å². The van der Waals surface area contributed by atoms with Gasteiger partial charge in [-0.25, -0.2) is 0 Å². The summed E-state index contributed by atoms with van der Waals surface area (Å²) in [7, 11) is 0. The fourth-order valence-electron chi connectivity index (χ4n) is 0.654. The summed E-state index contributed by atoms with van der Waals surface area (Å²) in [5.41, 5.74) is 1.20. The summed E-state index contributed by atoms with van der Waals surface area (Å²) >= 11 is 2.91. The van der Waals surface area contributed by atoms with E-state index in [1.807, 2.05) is 31.2 Å². The van der Waals surface area contributed by atoms with Crippen molar-refractivity contribution in [1.29, 1.82) is 0 Å². The van der Waals surface area contributed by atoms with Crippen LogP contribution in [0, 0.1) is 6.92 Å². The monoisotopic (exact) mass is 214 g/mol. The van der Waals surface area contributed by atoms with Gasteiger partial charge in [-0.1, -0.05) is 0 Å². The van der Waals surface area contributed by atoms with Crippen LogP contribution >= 0.6 is 0 Å². The van der Waals surface area contributed by atoms with E-state index < -0.39 is 0 Å². The molecule has 0 amide bonds. The van der Waals surface area contributed by atoms with Crippen LogP contribution in [0.1, 0.15) is 5.56 Å². The fraction of sp³-hybridized carbons (Fsp3) is 0.143. The van der Waals surface area contributed by atoms with E-state index in [-0.39, 0.29) is 0 Å². The summed E-state index contributed by atoms with van der Waals surface area (Å²) in [4.78, 5) is 0. The number of hydrogen-bond donors (Lipinski definition) is 0. The van der Waals surface area contributed by atoms with Gasteiger partial charge in [-0.2, -0.15) is 0 Å². The van der Waals surface area contributed by atoms with Crippen LogP contribution in [0.4, 0.5) is 0 Å². The summed E-state index contributed by atoms with van der Waals surface area (Å²) in [5, 5.41) is 0. The second-order valence-electron chi connectivity index (χ2n) is 1.88. The molecule has 9 heavy (non-hydrogen) atoms. The van der Waals surface area contributed by atoms with Crippen molar-refractivity contribution in [2.75, 3.05) is 0 Å². The molecule has 0 aliphatic rings. The van der Waals surface area contributed by atoms with Gasteiger partial charge in [0.2, 0.25) is 0 Å². The maximum atomic E-state index is 4.80. The zero-order valence-electron chi connectivity index (χ0n) is 5.02. The van der Waals surface area contributed by atoms with Crippen LogP contribution in [-0.2, 0) is 21.5 Å². The van der Waals surface area contributed by atoms with Gasteiger partial charge in [0.25, 0.3) is 0 Å². The molecule has 0 radical (unpaired) electrons. The number of benzene rings is 1. The predicted molar refractivity (Wildman–Crippen MR) is 31.8 cm³/mol. The molecule has 0 aromatic heterocycles. The Hall–Kier alpha value is -0.240. The third kappa shape index (κ3) is 1.86. The molecular weight excluding hydrogens is 208 g/mol. The van der Waals surface area contributed by atoms with Crippen molar-refractivity contribution in [3.8, 4) is 5.75 Å². The Morgan fingerprint density at radius 3 is 2.67 bits per heavy atom. The number of hydrogen-bond acceptors (Lipinski definition) is 1. The Labute approximate surface area is 67.4 Å². The molecule has 0 bridgehead atoms. The molecule has 1 aromatic rings. The summed E-state index contributed by atoms with van der Waals surface area (Å²) in [6, 6.07) is 7.82. The molecule has 0 unspecified atom stereocenters. The molecule has 52 valence electrons. The van der Waals surface area contributed by atoms with Gasteiger partial charge in [0, 0.05) is 0 Å². The Morgan fingerprint density at radius 2 is 2.22 bits per heavy atom. The molecule has 0 saturated carbocycles. The normalized spacial score (nSPS) is 9.22. The Balaban J connectivity index is 2.94. The topological polar surface area (TPSA) is 9.23 Å². The van der Waals surface area contributed by atoms with Crippen molar-refractivity contribution < 1.29 is 24.7 Å². The molecule has 1 aromatic carbocycles. The van der Waals surface area contributed by atoms with Crippen LogP contribution < -0.4 is 3.24 Å². The minimum atomic E-state index is 0.841. The Kier molecular flexibility index (Phi) is 2.34. The van der Waals surface area contributed by atoms with Gasteiger partial charge in [0.05, 0.1) is 0 Å². The van der Waals surface area contributed by atoms with Crippen LogP contribution in [0.15, 0.2) is 24.3 Å². The van der Waals surface area contributed by atoms with Gasteiger partial charge < -0.3 is 0 Å². The van der Waals surface area contributed by atoms with Crippen molar-refractivity contribution in [1.82, 2.24) is 0 Å². The summed E-state index contributed by atoms with van der Waals surface area (Å²) in [6.07, 6.45) is 0. The van der Waals surface area contributed by atoms with Crippen LogP contribution in [-0.4, -0.2) is 0 Å². The quantitative estimate of drug-likeness (QED) is 0.649. The van der Waals surface area contributed by atoms with Crippen molar-refractivity contribution in [3.05, 3.63) is 29.8 Å². The molecule has 2 heteroatoms. The molecule has 0 fully saturated rings. The molecule has 0 aliphatic heterocycles. The molecule has 0 saturated heterocycles. The fourth-order valence-corrected chi connectivity index (χ4v) is 0.842. The molecule has 0 N–H and O–H groups in total. The first-order chi connectivity index (χ1) is 4.33. The van der Waals surface area contributed by atoms with E-state index in [2.05, 4.69) is 21.5 Å². The van der Waals surface area contributed by atoms with Crippen LogP contribution in [0.5, 0.6) is 5.75 Å². The van der Waals surface area contributed by atoms with Gasteiger partial charge in [-0.15, -0.1) is 0 Å². The van der Waals surface area contributed by atoms with Gasteiger partial charge in [-0.05, 0) is 0 Å². The van der Waals surface area contributed by atoms with Crippen molar-refractivity contribution >= 4 is 0 Å². The number of aryl methyl sites for hydroxylation is 1. The molecule has 0 atom stereocenters. The third-order valence-electron chi connectivity index (χ3n) is 1.06. The van der Waals surface area contributed by atoms with Gasteiger partial charge in [0.15, 0.2) is 0 Å². The van der Waals surface area contributed by atoms with E-state index in [1.54, 1.807) is 0 Å². The average molecular weight is 215 g/mol. The van der Waals surface area contributed by atoms with Crippen molar-refractivity contribution in [2.24, 2.45) is 0 Å². The first-order valence-electron chi connectivity index (χ1n) is 2.65. The van der Waals surface area contributed by atoms with Gasteiger partial charge in [0.1, 0.15) is 0 Å². The zero-order valence-corrected chi connectivity index (χ0v) is 6.50. The van der Waals surface area contributed by atoms with E-state index in [0.29, 0.717) is 0 Å².